The van der Waals surface area contributed by atoms with Crippen molar-refractivity contribution in [1.29, 1.82) is 0 Å². The Morgan fingerprint density at radius 3 is 2.37 bits per heavy atom. The minimum Gasteiger partial charge on any atom is -0.368 e. The maximum Gasteiger partial charge on any atom is 0.126 e. The fourth-order valence-electron chi connectivity index (χ4n) is 2.46. The topological polar surface area (TPSA) is 21.3 Å². The first-order valence-corrected chi connectivity index (χ1v) is 6.66. The molecule has 1 fully saturated rings. The Labute approximate surface area is 113 Å². The minimum atomic E-state index is -0.559. The highest BCUT2D eigenvalue weighted by Crippen LogP contribution is 2.29. The van der Waals surface area contributed by atoms with Crippen molar-refractivity contribution in [2.75, 3.05) is 13.1 Å². The van der Waals surface area contributed by atoms with Crippen LogP contribution >= 0.6 is 0 Å². The Bertz CT molecular complexity index is 422. The van der Waals surface area contributed by atoms with Gasteiger partial charge in [-0.3, -0.25) is 0 Å². The second-order valence-corrected chi connectivity index (χ2v) is 6.37. The van der Waals surface area contributed by atoms with Gasteiger partial charge in [-0.05, 0) is 29.5 Å². The van der Waals surface area contributed by atoms with E-state index < -0.39 is 11.6 Å². The van der Waals surface area contributed by atoms with Crippen molar-refractivity contribution in [2.45, 2.75) is 39.4 Å². The van der Waals surface area contributed by atoms with E-state index in [9.17, 15) is 8.78 Å². The summed E-state index contributed by atoms with van der Waals surface area (Å²) in [6.07, 6.45) is 0.699. The molecular weight excluding hydrogens is 248 g/mol. The van der Waals surface area contributed by atoms with Crippen molar-refractivity contribution < 1.29 is 13.5 Å². The molecule has 1 saturated heterocycles. The van der Waals surface area contributed by atoms with Gasteiger partial charge in [0, 0.05) is 19.2 Å². The molecule has 1 aromatic rings. The smallest absolute Gasteiger partial charge is 0.126 e. The Morgan fingerprint density at radius 2 is 1.79 bits per heavy atom. The summed E-state index contributed by atoms with van der Waals surface area (Å²) >= 11 is 0. The summed E-state index contributed by atoms with van der Waals surface area (Å²) < 4.78 is 32.4. The van der Waals surface area contributed by atoms with Crippen molar-refractivity contribution in [3.63, 3.8) is 0 Å². The molecule has 4 heteroatoms. The zero-order chi connectivity index (χ0) is 14.0. The van der Waals surface area contributed by atoms with E-state index in [2.05, 4.69) is 26.1 Å². The third kappa shape index (κ3) is 4.25. The first-order valence-electron chi connectivity index (χ1n) is 6.66. The van der Waals surface area contributed by atoms with Crippen LogP contribution in [0.3, 0.4) is 0 Å². The van der Waals surface area contributed by atoms with Crippen molar-refractivity contribution >= 4 is 0 Å². The van der Waals surface area contributed by atoms with Crippen molar-refractivity contribution in [2.24, 2.45) is 5.41 Å². The van der Waals surface area contributed by atoms with Gasteiger partial charge in [-0.25, -0.2) is 8.78 Å². The highest BCUT2D eigenvalue weighted by molar-refractivity contribution is 5.21. The molecule has 0 radical (unpaired) electrons. The lowest BCUT2D eigenvalue weighted by Crippen LogP contribution is -2.42. The molecule has 19 heavy (non-hydrogen) atoms. The van der Waals surface area contributed by atoms with Crippen LogP contribution in [0.25, 0.3) is 0 Å². The molecule has 0 amide bonds. The molecule has 0 bridgehead atoms. The third-order valence-electron chi connectivity index (χ3n) is 3.16. The highest BCUT2D eigenvalue weighted by Gasteiger charge is 2.27. The minimum absolute atomic E-state index is 0.0741. The maximum atomic E-state index is 13.2. The van der Waals surface area contributed by atoms with Gasteiger partial charge in [0.25, 0.3) is 0 Å². The van der Waals surface area contributed by atoms with Gasteiger partial charge >= 0.3 is 0 Å². The summed E-state index contributed by atoms with van der Waals surface area (Å²) in [5.74, 6) is -1.12. The number of hydrogen-bond acceptors (Lipinski definition) is 2. The molecule has 1 N–H and O–H groups in total. The van der Waals surface area contributed by atoms with Crippen LogP contribution in [0.4, 0.5) is 8.78 Å². The lowest BCUT2D eigenvalue weighted by molar-refractivity contribution is -0.0554. The van der Waals surface area contributed by atoms with Gasteiger partial charge in [-0.15, -0.1) is 0 Å². The van der Waals surface area contributed by atoms with Crippen molar-refractivity contribution in [1.82, 2.24) is 5.32 Å². The first kappa shape index (κ1) is 14.4. The fourth-order valence-corrected chi connectivity index (χ4v) is 2.46. The molecule has 2 rings (SSSR count). The van der Waals surface area contributed by atoms with Gasteiger partial charge in [0.1, 0.15) is 11.6 Å². The maximum absolute atomic E-state index is 13.2. The second kappa shape index (κ2) is 5.55. The van der Waals surface area contributed by atoms with Gasteiger partial charge in [-0.1, -0.05) is 20.8 Å². The Balaban J connectivity index is 2.08. The number of halogens is 2. The van der Waals surface area contributed by atoms with Crippen molar-refractivity contribution in [3.05, 3.63) is 35.4 Å². The summed E-state index contributed by atoms with van der Waals surface area (Å²) in [6, 6.07) is 3.57. The SMILES string of the molecule is CC(C)(C)CC1CNCC(c2cc(F)cc(F)c2)O1. The number of morpholine rings is 1. The van der Waals surface area contributed by atoms with Crippen LogP contribution < -0.4 is 5.32 Å². The van der Waals surface area contributed by atoms with Crippen molar-refractivity contribution in [3.8, 4) is 0 Å². The molecule has 106 valence electrons. The van der Waals surface area contributed by atoms with Gasteiger partial charge in [-0.2, -0.15) is 0 Å². The Kier molecular flexibility index (Phi) is 4.21. The predicted molar refractivity (Wildman–Crippen MR) is 70.9 cm³/mol. The van der Waals surface area contributed by atoms with E-state index in [1.807, 2.05) is 0 Å². The number of ether oxygens (including phenoxy) is 1. The molecule has 2 atom stereocenters. The zero-order valence-electron chi connectivity index (χ0n) is 11.7. The largest absolute Gasteiger partial charge is 0.368 e. The summed E-state index contributed by atoms with van der Waals surface area (Å²) in [6.45, 7) is 7.83. The van der Waals surface area contributed by atoms with E-state index in [4.69, 9.17) is 4.74 Å². The molecule has 2 unspecified atom stereocenters. The molecule has 0 aliphatic carbocycles. The summed E-state index contributed by atoms with van der Waals surface area (Å²) in [5.41, 5.74) is 0.727. The molecule has 0 aromatic heterocycles. The molecular formula is C15H21F2NO. The van der Waals surface area contributed by atoms with E-state index in [0.717, 1.165) is 19.0 Å². The average Bonchev–Trinajstić information content (AvgIpc) is 2.25. The van der Waals surface area contributed by atoms with E-state index >= 15 is 0 Å². The lowest BCUT2D eigenvalue weighted by atomic mass is 9.88. The highest BCUT2D eigenvalue weighted by atomic mass is 19.1. The predicted octanol–water partition coefficient (Wildman–Crippen LogP) is 3.43. The van der Waals surface area contributed by atoms with Crippen LogP contribution in [0.15, 0.2) is 18.2 Å². The van der Waals surface area contributed by atoms with Crippen LogP contribution in [0.1, 0.15) is 38.9 Å². The number of nitrogens with one attached hydrogen (secondary N) is 1. The van der Waals surface area contributed by atoms with E-state index in [1.165, 1.54) is 12.1 Å². The quantitative estimate of drug-likeness (QED) is 0.888. The number of hydrogen-bond donors (Lipinski definition) is 1. The fraction of sp³-hybridized carbons (Fsp3) is 0.600. The second-order valence-electron chi connectivity index (χ2n) is 6.37. The summed E-state index contributed by atoms with van der Waals surface area (Å²) in [5, 5.41) is 3.28. The third-order valence-corrected chi connectivity index (χ3v) is 3.16. The van der Waals surface area contributed by atoms with Gasteiger partial charge in [0.05, 0.1) is 12.2 Å². The Morgan fingerprint density at radius 1 is 1.16 bits per heavy atom. The molecule has 2 nitrogen and oxygen atoms in total. The molecule has 0 saturated carbocycles. The van der Waals surface area contributed by atoms with Gasteiger partial charge < -0.3 is 10.1 Å². The molecule has 1 heterocycles. The Hall–Kier alpha value is -1.00. The standard InChI is InChI=1S/C15H21F2NO/c1-15(2,3)7-13-8-18-9-14(19-13)10-4-11(16)6-12(17)5-10/h4-6,13-14,18H,7-9H2,1-3H3. The van der Waals surface area contributed by atoms with E-state index in [0.29, 0.717) is 12.1 Å². The normalized spacial score (nSPS) is 24.5. The average molecular weight is 269 g/mol. The van der Waals surface area contributed by atoms with Crippen LogP contribution in [0.2, 0.25) is 0 Å². The van der Waals surface area contributed by atoms with E-state index in [1.54, 1.807) is 0 Å². The van der Waals surface area contributed by atoms with Crippen LogP contribution in [0.5, 0.6) is 0 Å². The lowest BCUT2D eigenvalue weighted by Gasteiger charge is -2.34. The first-order chi connectivity index (χ1) is 8.83. The summed E-state index contributed by atoms with van der Waals surface area (Å²) in [7, 11) is 0. The van der Waals surface area contributed by atoms with Crippen LogP contribution in [-0.2, 0) is 4.74 Å². The number of rotatable bonds is 2. The monoisotopic (exact) mass is 269 g/mol. The molecule has 1 aliphatic heterocycles. The molecule has 0 spiro atoms. The van der Waals surface area contributed by atoms with Crippen LogP contribution in [0, 0.1) is 17.0 Å². The molecule has 1 aliphatic rings. The zero-order valence-corrected chi connectivity index (χ0v) is 11.7. The molecule has 1 aromatic carbocycles. The van der Waals surface area contributed by atoms with Gasteiger partial charge in [0.2, 0.25) is 0 Å². The summed E-state index contributed by atoms with van der Waals surface area (Å²) in [4.78, 5) is 0. The van der Waals surface area contributed by atoms with Gasteiger partial charge in [0.15, 0.2) is 0 Å². The number of benzene rings is 1. The van der Waals surface area contributed by atoms with E-state index in [-0.39, 0.29) is 17.6 Å². The van der Waals surface area contributed by atoms with Crippen LogP contribution in [-0.4, -0.2) is 19.2 Å².